The molecule has 0 radical (unpaired) electrons. The molecule has 0 amide bonds. The Balaban J connectivity index is 0.00000144. The molecule has 1 atom stereocenters. The maximum Gasteiger partial charge on any atom is 0.310 e. The van der Waals surface area contributed by atoms with Crippen LogP contribution in [0.5, 0.6) is 0 Å². The average molecular weight is 199 g/mol. The number of nitrogens with zero attached hydrogens (tertiary/aromatic N) is 1. The van der Waals surface area contributed by atoms with Gasteiger partial charge in [0.2, 0.25) is 6.30 Å². The number of alkyl halides is 3. The zero-order valence-electron chi connectivity index (χ0n) is 7.18. The molecule has 1 aliphatic heterocycles. The highest BCUT2D eigenvalue weighted by molar-refractivity contribution is 4.93. The van der Waals surface area contributed by atoms with Crippen LogP contribution in [0.2, 0.25) is 0 Å². The molecule has 1 rings (SSSR count). The SMILES string of the molecule is C=CC(F)(F)C(F)N1CCCC1.F. The molecule has 1 unspecified atom stereocenters. The molecule has 13 heavy (non-hydrogen) atoms. The van der Waals surface area contributed by atoms with Crippen molar-refractivity contribution in [2.75, 3.05) is 13.1 Å². The van der Waals surface area contributed by atoms with Crippen LogP contribution in [-0.2, 0) is 0 Å². The largest absolute Gasteiger partial charge is 0.310 e. The van der Waals surface area contributed by atoms with E-state index in [9.17, 15) is 13.2 Å². The second kappa shape index (κ2) is 4.60. The lowest BCUT2D eigenvalue weighted by Gasteiger charge is -2.25. The van der Waals surface area contributed by atoms with Crippen molar-refractivity contribution in [1.29, 1.82) is 0 Å². The van der Waals surface area contributed by atoms with Crippen molar-refractivity contribution in [2.24, 2.45) is 0 Å². The van der Waals surface area contributed by atoms with Gasteiger partial charge in [-0.3, -0.25) is 9.60 Å². The van der Waals surface area contributed by atoms with E-state index in [2.05, 4.69) is 6.58 Å². The van der Waals surface area contributed by atoms with Crippen molar-refractivity contribution in [1.82, 2.24) is 4.90 Å². The molecule has 0 N–H and O–H groups in total. The van der Waals surface area contributed by atoms with Gasteiger partial charge in [-0.25, -0.2) is 4.39 Å². The number of hydrogen-bond acceptors (Lipinski definition) is 1. The van der Waals surface area contributed by atoms with E-state index in [4.69, 9.17) is 0 Å². The summed E-state index contributed by atoms with van der Waals surface area (Å²) in [5.41, 5.74) is 0. The predicted octanol–water partition coefficient (Wildman–Crippen LogP) is 2.35. The van der Waals surface area contributed by atoms with Crippen LogP contribution in [0.1, 0.15) is 12.8 Å². The first kappa shape index (κ1) is 12.4. The van der Waals surface area contributed by atoms with E-state index < -0.39 is 12.2 Å². The quantitative estimate of drug-likeness (QED) is 0.383. The van der Waals surface area contributed by atoms with Gasteiger partial charge in [-0.1, -0.05) is 6.58 Å². The van der Waals surface area contributed by atoms with Gasteiger partial charge in [0.15, 0.2) is 0 Å². The van der Waals surface area contributed by atoms with Crippen molar-refractivity contribution < 1.29 is 17.9 Å². The molecule has 78 valence electrons. The van der Waals surface area contributed by atoms with E-state index in [0.717, 1.165) is 17.7 Å². The lowest BCUT2D eigenvalue weighted by molar-refractivity contribution is -0.0960. The van der Waals surface area contributed by atoms with Gasteiger partial charge in [0.1, 0.15) is 0 Å². The summed E-state index contributed by atoms with van der Waals surface area (Å²) in [7, 11) is 0. The van der Waals surface area contributed by atoms with Crippen molar-refractivity contribution in [3.63, 3.8) is 0 Å². The van der Waals surface area contributed by atoms with Gasteiger partial charge in [0.25, 0.3) is 0 Å². The summed E-state index contributed by atoms with van der Waals surface area (Å²) in [4.78, 5) is 1.15. The van der Waals surface area contributed by atoms with E-state index in [0.29, 0.717) is 19.2 Å². The third-order valence-corrected chi connectivity index (χ3v) is 2.05. The zero-order chi connectivity index (χ0) is 9.19. The maximum absolute atomic E-state index is 13.0. The maximum atomic E-state index is 13.0. The van der Waals surface area contributed by atoms with Gasteiger partial charge in [-0.05, 0) is 18.9 Å². The Labute approximate surface area is 74.6 Å². The van der Waals surface area contributed by atoms with Gasteiger partial charge in [-0.15, -0.1) is 0 Å². The third-order valence-electron chi connectivity index (χ3n) is 2.05. The summed E-state index contributed by atoms with van der Waals surface area (Å²) in [6.07, 6.45) is -0.227. The van der Waals surface area contributed by atoms with E-state index in [1.54, 1.807) is 0 Å². The predicted molar refractivity (Wildman–Crippen MR) is 43.4 cm³/mol. The molecule has 1 aliphatic rings. The van der Waals surface area contributed by atoms with Crippen LogP contribution >= 0.6 is 0 Å². The van der Waals surface area contributed by atoms with Crippen LogP contribution in [0.25, 0.3) is 0 Å². The average Bonchev–Trinajstić information content (AvgIpc) is 2.55. The minimum Gasteiger partial charge on any atom is -0.269 e. The van der Waals surface area contributed by atoms with Crippen LogP contribution in [0.15, 0.2) is 12.7 Å². The molecule has 5 heteroatoms. The number of hydrogen-bond donors (Lipinski definition) is 0. The fraction of sp³-hybridized carbons (Fsp3) is 0.750. The highest BCUT2D eigenvalue weighted by Gasteiger charge is 2.41. The van der Waals surface area contributed by atoms with Gasteiger partial charge in [0, 0.05) is 13.1 Å². The topological polar surface area (TPSA) is 3.24 Å². The summed E-state index contributed by atoms with van der Waals surface area (Å²) in [5, 5.41) is 0. The number of rotatable bonds is 3. The van der Waals surface area contributed by atoms with Crippen LogP contribution in [0, 0.1) is 0 Å². The summed E-state index contributed by atoms with van der Waals surface area (Å²) < 4.78 is 38.3. The van der Waals surface area contributed by atoms with Crippen LogP contribution < -0.4 is 0 Å². The second-order valence-electron chi connectivity index (χ2n) is 2.96. The minimum atomic E-state index is -3.41. The van der Waals surface area contributed by atoms with Gasteiger partial charge >= 0.3 is 5.92 Å². The molecule has 0 saturated carbocycles. The summed E-state index contributed by atoms with van der Waals surface area (Å²) in [6.45, 7) is 3.75. The molecule has 0 aromatic carbocycles. The minimum absolute atomic E-state index is 0. The standard InChI is InChI=1S/C8H12F3N.FH/c1-2-8(10,11)7(9)12-5-3-4-6-12;/h2,7H,1,3-6H2;1H. The monoisotopic (exact) mass is 199 g/mol. The summed E-state index contributed by atoms with van der Waals surface area (Å²) in [5.74, 6) is -3.41. The van der Waals surface area contributed by atoms with Crippen LogP contribution in [0.4, 0.5) is 17.9 Å². The molecule has 0 bridgehead atoms. The molecule has 0 aliphatic carbocycles. The Morgan fingerprint density at radius 2 is 1.77 bits per heavy atom. The van der Waals surface area contributed by atoms with E-state index in [1.165, 1.54) is 0 Å². The fourth-order valence-electron chi connectivity index (χ4n) is 1.31. The van der Waals surface area contributed by atoms with Crippen LogP contribution in [-0.4, -0.2) is 30.2 Å². The van der Waals surface area contributed by atoms with Crippen molar-refractivity contribution in [3.8, 4) is 0 Å². The molecular formula is C8H13F4N. The van der Waals surface area contributed by atoms with E-state index in [-0.39, 0.29) is 4.70 Å². The fourth-order valence-corrected chi connectivity index (χ4v) is 1.31. The van der Waals surface area contributed by atoms with Gasteiger partial charge in [-0.2, -0.15) is 8.78 Å². The Morgan fingerprint density at radius 3 is 2.15 bits per heavy atom. The Morgan fingerprint density at radius 1 is 1.31 bits per heavy atom. The summed E-state index contributed by atoms with van der Waals surface area (Å²) >= 11 is 0. The molecule has 0 aromatic rings. The summed E-state index contributed by atoms with van der Waals surface area (Å²) in [6, 6.07) is 0. The van der Waals surface area contributed by atoms with E-state index >= 15 is 0 Å². The number of likely N-dealkylation sites (tertiary alicyclic amines) is 1. The molecular weight excluding hydrogens is 186 g/mol. The Hall–Kier alpha value is -0.580. The normalized spacial score (nSPS) is 20.8. The van der Waals surface area contributed by atoms with Crippen molar-refractivity contribution in [3.05, 3.63) is 12.7 Å². The molecule has 0 aromatic heterocycles. The zero-order valence-corrected chi connectivity index (χ0v) is 7.18. The van der Waals surface area contributed by atoms with E-state index in [1.807, 2.05) is 0 Å². The third kappa shape index (κ3) is 2.69. The second-order valence-corrected chi connectivity index (χ2v) is 2.96. The highest BCUT2D eigenvalue weighted by atomic mass is 19.3. The van der Waals surface area contributed by atoms with Gasteiger partial charge in [0.05, 0.1) is 0 Å². The number of halogens is 4. The molecule has 1 saturated heterocycles. The first-order chi connectivity index (χ1) is 5.58. The lowest BCUT2D eigenvalue weighted by Crippen LogP contribution is -2.42. The Kier molecular flexibility index (Phi) is 4.39. The molecule has 1 heterocycles. The highest BCUT2D eigenvalue weighted by Crippen LogP contribution is 2.27. The molecule has 1 fully saturated rings. The smallest absolute Gasteiger partial charge is 0.269 e. The lowest BCUT2D eigenvalue weighted by atomic mass is 10.3. The molecule has 0 spiro atoms. The molecule has 1 nitrogen and oxygen atoms in total. The Bertz CT molecular complexity index is 166. The van der Waals surface area contributed by atoms with Gasteiger partial charge < -0.3 is 0 Å². The first-order valence-corrected chi connectivity index (χ1v) is 3.97. The van der Waals surface area contributed by atoms with Crippen LogP contribution in [0.3, 0.4) is 0 Å². The first-order valence-electron chi connectivity index (χ1n) is 3.97. The van der Waals surface area contributed by atoms with Crippen molar-refractivity contribution >= 4 is 0 Å². The van der Waals surface area contributed by atoms with Crippen molar-refractivity contribution in [2.45, 2.75) is 25.1 Å².